The second kappa shape index (κ2) is 5.87. The molecule has 2 fully saturated rings. The van der Waals surface area contributed by atoms with Crippen LogP contribution in [0.3, 0.4) is 0 Å². The normalized spacial score (nSPS) is 24.9. The summed E-state index contributed by atoms with van der Waals surface area (Å²) in [6, 6.07) is 2.89. The molecule has 1 atom stereocenters. The van der Waals surface area contributed by atoms with Crippen LogP contribution in [0.25, 0.3) is 0 Å². The lowest BCUT2D eigenvalue weighted by Gasteiger charge is -2.32. The molecule has 0 aliphatic carbocycles. The number of anilines is 1. The summed E-state index contributed by atoms with van der Waals surface area (Å²) in [5, 5.41) is 0. The number of aromatic nitrogens is 2. The molecule has 4 heteroatoms. The summed E-state index contributed by atoms with van der Waals surface area (Å²) in [5.41, 5.74) is 1.14. The number of rotatable bonds is 3. The van der Waals surface area contributed by atoms with Crippen molar-refractivity contribution >= 4 is 5.82 Å². The number of likely N-dealkylation sites (tertiary alicyclic amines) is 1. The molecular weight excluding hydrogens is 236 g/mol. The molecule has 0 aromatic carbocycles. The molecule has 2 saturated heterocycles. The Morgan fingerprint density at radius 1 is 1.16 bits per heavy atom. The molecule has 0 radical (unpaired) electrons. The number of aryl methyl sites for hydroxylation is 1. The van der Waals surface area contributed by atoms with Gasteiger partial charge in [0.2, 0.25) is 0 Å². The maximum atomic E-state index is 4.45. The van der Waals surface area contributed by atoms with E-state index in [0.29, 0.717) is 0 Å². The van der Waals surface area contributed by atoms with Crippen molar-refractivity contribution in [1.29, 1.82) is 0 Å². The van der Waals surface area contributed by atoms with E-state index in [9.17, 15) is 0 Å². The zero-order valence-corrected chi connectivity index (χ0v) is 11.9. The highest BCUT2D eigenvalue weighted by atomic mass is 15.3. The monoisotopic (exact) mass is 260 g/mol. The minimum Gasteiger partial charge on any atom is -0.355 e. The summed E-state index contributed by atoms with van der Waals surface area (Å²) < 4.78 is 0. The third-order valence-corrected chi connectivity index (χ3v) is 4.47. The van der Waals surface area contributed by atoms with Crippen LogP contribution >= 0.6 is 0 Å². The minimum absolute atomic E-state index is 0.736. The van der Waals surface area contributed by atoms with Gasteiger partial charge in [-0.3, -0.25) is 4.90 Å². The van der Waals surface area contributed by atoms with Crippen molar-refractivity contribution in [2.75, 3.05) is 31.1 Å². The Balaban J connectivity index is 1.64. The fourth-order valence-electron chi connectivity index (χ4n) is 3.28. The van der Waals surface area contributed by atoms with Gasteiger partial charge in [-0.15, -0.1) is 0 Å². The molecule has 0 saturated carbocycles. The van der Waals surface area contributed by atoms with Crippen LogP contribution in [-0.2, 0) is 6.42 Å². The van der Waals surface area contributed by atoms with Crippen LogP contribution in [-0.4, -0.2) is 47.1 Å². The Bertz CT molecular complexity index is 414. The van der Waals surface area contributed by atoms with Gasteiger partial charge in [0.15, 0.2) is 0 Å². The number of hydrogen-bond acceptors (Lipinski definition) is 4. The van der Waals surface area contributed by atoms with Gasteiger partial charge in [-0.1, -0.05) is 13.3 Å². The lowest BCUT2D eigenvalue weighted by atomic mass is 10.1. The van der Waals surface area contributed by atoms with Gasteiger partial charge in [0.25, 0.3) is 0 Å². The van der Waals surface area contributed by atoms with Crippen LogP contribution < -0.4 is 4.90 Å². The predicted octanol–water partition coefficient (Wildman–Crippen LogP) is 2.10. The highest BCUT2D eigenvalue weighted by Gasteiger charge is 2.29. The van der Waals surface area contributed by atoms with Crippen molar-refractivity contribution in [3.8, 4) is 0 Å². The molecule has 19 heavy (non-hydrogen) atoms. The first-order chi connectivity index (χ1) is 9.36. The first-order valence-corrected chi connectivity index (χ1v) is 7.66. The Kier molecular flexibility index (Phi) is 3.97. The maximum absolute atomic E-state index is 4.45. The van der Waals surface area contributed by atoms with Crippen LogP contribution in [0.15, 0.2) is 12.4 Å². The Labute approximate surface area is 115 Å². The van der Waals surface area contributed by atoms with Crippen LogP contribution in [0, 0.1) is 0 Å². The fraction of sp³-hybridized carbons (Fsp3) is 0.733. The third-order valence-electron chi connectivity index (χ3n) is 4.47. The molecule has 0 amide bonds. The van der Waals surface area contributed by atoms with Crippen LogP contribution in [0.2, 0.25) is 0 Å². The molecule has 0 unspecified atom stereocenters. The second-order valence-corrected chi connectivity index (χ2v) is 5.71. The van der Waals surface area contributed by atoms with Crippen molar-refractivity contribution < 1.29 is 0 Å². The van der Waals surface area contributed by atoms with Crippen molar-refractivity contribution in [2.45, 2.75) is 45.1 Å². The first kappa shape index (κ1) is 12.9. The molecule has 3 rings (SSSR count). The summed E-state index contributed by atoms with van der Waals surface area (Å²) in [7, 11) is 0. The average molecular weight is 260 g/mol. The zero-order chi connectivity index (χ0) is 13.1. The van der Waals surface area contributed by atoms with Crippen LogP contribution in [0.4, 0.5) is 5.82 Å². The topological polar surface area (TPSA) is 32.3 Å². The van der Waals surface area contributed by atoms with E-state index in [1.54, 1.807) is 6.33 Å². The summed E-state index contributed by atoms with van der Waals surface area (Å²) in [6.45, 7) is 7.01. The summed E-state index contributed by atoms with van der Waals surface area (Å²) in [4.78, 5) is 13.9. The quantitative estimate of drug-likeness (QED) is 0.833. The van der Waals surface area contributed by atoms with E-state index in [0.717, 1.165) is 37.1 Å². The molecule has 2 aliphatic heterocycles. The molecule has 2 aliphatic rings. The highest BCUT2D eigenvalue weighted by Crippen LogP contribution is 2.23. The molecule has 1 aromatic rings. The Morgan fingerprint density at radius 2 is 2.00 bits per heavy atom. The average Bonchev–Trinajstić information content (AvgIpc) is 2.98. The van der Waals surface area contributed by atoms with E-state index in [1.165, 1.54) is 38.8 Å². The van der Waals surface area contributed by atoms with Gasteiger partial charge in [-0.05, 0) is 38.8 Å². The van der Waals surface area contributed by atoms with Crippen molar-refractivity contribution in [3.63, 3.8) is 0 Å². The Hall–Kier alpha value is -1.16. The van der Waals surface area contributed by atoms with E-state index < -0.39 is 0 Å². The Morgan fingerprint density at radius 3 is 2.79 bits per heavy atom. The number of piperidine rings is 1. The van der Waals surface area contributed by atoms with E-state index >= 15 is 0 Å². The third kappa shape index (κ3) is 2.89. The van der Waals surface area contributed by atoms with Crippen LogP contribution in [0.1, 0.15) is 38.3 Å². The fourth-order valence-corrected chi connectivity index (χ4v) is 3.28. The number of nitrogens with zero attached hydrogens (tertiary/aromatic N) is 4. The van der Waals surface area contributed by atoms with Gasteiger partial charge in [-0.2, -0.15) is 0 Å². The van der Waals surface area contributed by atoms with Crippen molar-refractivity contribution in [1.82, 2.24) is 14.9 Å². The lowest BCUT2D eigenvalue weighted by molar-refractivity contribution is 0.175. The molecule has 4 nitrogen and oxygen atoms in total. The second-order valence-electron chi connectivity index (χ2n) is 5.71. The lowest BCUT2D eigenvalue weighted by Crippen LogP contribution is -2.40. The first-order valence-electron chi connectivity index (χ1n) is 7.66. The predicted molar refractivity (Wildman–Crippen MR) is 77.5 cm³/mol. The standard InChI is InChI=1S/C15H24N4/c1-2-13-10-15(17-12-16-13)19-9-6-14(11-19)18-7-4-3-5-8-18/h10,12,14H,2-9,11H2,1H3/t14-/m0/s1. The molecule has 0 N–H and O–H groups in total. The van der Waals surface area contributed by atoms with Gasteiger partial charge < -0.3 is 4.90 Å². The summed E-state index contributed by atoms with van der Waals surface area (Å²) in [5.74, 6) is 1.12. The van der Waals surface area contributed by atoms with Gasteiger partial charge in [-0.25, -0.2) is 9.97 Å². The largest absolute Gasteiger partial charge is 0.355 e. The minimum atomic E-state index is 0.736. The molecule has 104 valence electrons. The SMILES string of the molecule is CCc1cc(N2CC[C@H](N3CCCCC3)C2)ncn1. The van der Waals surface area contributed by atoms with E-state index in [1.807, 2.05) is 0 Å². The van der Waals surface area contributed by atoms with Gasteiger partial charge in [0, 0.05) is 30.9 Å². The smallest absolute Gasteiger partial charge is 0.132 e. The summed E-state index contributed by atoms with van der Waals surface area (Å²) >= 11 is 0. The highest BCUT2D eigenvalue weighted by molar-refractivity contribution is 5.40. The molecule has 3 heterocycles. The maximum Gasteiger partial charge on any atom is 0.132 e. The molecule has 0 spiro atoms. The molecule has 0 bridgehead atoms. The van der Waals surface area contributed by atoms with Crippen LogP contribution in [0.5, 0.6) is 0 Å². The van der Waals surface area contributed by atoms with E-state index in [-0.39, 0.29) is 0 Å². The number of hydrogen-bond donors (Lipinski definition) is 0. The van der Waals surface area contributed by atoms with Crippen molar-refractivity contribution in [2.24, 2.45) is 0 Å². The van der Waals surface area contributed by atoms with Crippen molar-refractivity contribution in [3.05, 3.63) is 18.1 Å². The zero-order valence-electron chi connectivity index (χ0n) is 11.9. The molecular formula is C15H24N4. The van der Waals surface area contributed by atoms with Gasteiger partial charge >= 0.3 is 0 Å². The van der Waals surface area contributed by atoms with Gasteiger partial charge in [0.05, 0.1) is 0 Å². The summed E-state index contributed by atoms with van der Waals surface area (Å²) in [6.07, 6.45) is 8.15. The van der Waals surface area contributed by atoms with Gasteiger partial charge in [0.1, 0.15) is 12.1 Å². The van der Waals surface area contributed by atoms with E-state index in [4.69, 9.17) is 0 Å². The molecule has 1 aromatic heterocycles. The van der Waals surface area contributed by atoms with E-state index in [2.05, 4.69) is 32.8 Å².